The summed E-state index contributed by atoms with van der Waals surface area (Å²) in [6.07, 6.45) is 0. The van der Waals surface area contributed by atoms with E-state index in [2.05, 4.69) is 26.6 Å². The molecule has 2 N–H and O–H groups in total. The molecule has 0 fully saturated rings. The molecule has 1 rings (SSSR count). The third-order valence-corrected chi connectivity index (χ3v) is 3.03. The Morgan fingerprint density at radius 1 is 1.47 bits per heavy atom. The van der Waals surface area contributed by atoms with E-state index < -0.39 is 4.92 Å². The molecule has 0 aromatic heterocycles. The number of carbonyl (C=O) groups excluding carboxylic acids is 1. The summed E-state index contributed by atoms with van der Waals surface area (Å²) in [5, 5.41) is 16.0. The molecule has 1 aromatic carbocycles. The summed E-state index contributed by atoms with van der Waals surface area (Å²) in [6.45, 7) is 3.50. The largest absolute Gasteiger partial charge is 0.331 e. The summed E-state index contributed by atoms with van der Waals surface area (Å²) in [7, 11) is 0. The fourth-order valence-corrected chi connectivity index (χ4v) is 1.81. The topological polar surface area (TPSA) is 84.3 Å². The third-order valence-electron chi connectivity index (χ3n) is 2.17. The lowest BCUT2D eigenvalue weighted by atomic mass is 10.2. The fraction of sp³-hybridized carbons (Fsp3) is 0.273. The molecule has 1 aromatic rings. The van der Waals surface area contributed by atoms with Crippen molar-refractivity contribution in [3.63, 3.8) is 0 Å². The highest BCUT2D eigenvalue weighted by Crippen LogP contribution is 2.26. The Balaban J connectivity index is 2.75. The Labute approximate surface area is 123 Å². The lowest BCUT2D eigenvalue weighted by Crippen LogP contribution is -2.36. The van der Waals surface area contributed by atoms with Crippen LogP contribution in [0.2, 0.25) is 0 Å². The Hall–Kier alpha value is -1.54. The van der Waals surface area contributed by atoms with Gasteiger partial charge in [0.25, 0.3) is 5.69 Å². The van der Waals surface area contributed by atoms with Crippen LogP contribution in [0.5, 0.6) is 0 Å². The lowest BCUT2D eigenvalue weighted by molar-refractivity contribution is -0.384. The van der Waals surface area contributed by atoms with Crippen LogP contribution in [0.1, 0.15) is 13.8 Å². The number of nitrogens with zero attached hydrogens (tertiary/aromatic N) is 1. The van der Waals surface area contributed by atoms with Crippen LogP contribution in [-0.2, 0) is 4.79 Å². The SMILES string of the molecule is CC(C)C(=O)NC(=S)Nc1ccc([N+](=O)[O-])cc1Br. The van der Waals surface area contributed by atoms with Gasteiger partial charge in [-0.25, -0.2) is 0 Å². The number of non-ortho nitro benzene ring substituents is 1. The number of carbonyl (C=O) groups is 1. The number of rotatable bonds is 3. The van der Waals surface area contributed by atoms with E-state index in [-0.39, 0.29) is 22.6 Å². The van der Waals surface area contributed by atoms with Gasteiger partial charge in [-0.05, 0) is 34.2 Å². The summed E-state index contributed by atoms with van der Waals surface area (Å²) in [6, 6.07) is 4.21. The van der Waals surface area contributed by atoms with Crippen molar-refractivity contribution in [3.8, 4) is 0 Å². The molecule has 0 aliphatic rings. The fourth-order valence-electron chi connectivity index (χ4n) is 1.13. The molecule has 6 nitrogen and oxygen atoms in total. The molecule has 0 aliphatic heterocycles. The van der Waals surface area contributed by atoms with Crippen LogP contribution in [0.3, 0.4) is 0 Å². The van der Waals surface area contributed by atoms with Gasteiger partial charge < -0.3 is 10.6 Å². The number of nitrogens with one attached hydrogen (secondary N) is 2. The van der Waals surface area contributed by atoms with Crippen LogP contribution in [0.25, 0.3) is 0 Å². The number of nitro benzene ring substituents is 1. The van der Waals surface area contributed by atoms with Crippen molar-refractivity contribution in [2.24, 2.45) is 5.92 Å². The lowest BCUT2D eigenvalue weighted by Gasteiger charge is -2.12. The molecule has 0 saturated heterocycles. The first kappa shape index (κ1) is 15.5. The summed E-state index contributed by atoms with van der Waals surface area (Å²) < 4.78 is 0.489. The first-order chi connectivity index (χ1) is 8.81. The summed E-state index contributed by atoms with van der Waals surface area (Å²) in [5.41, 5.74) is 0.509. The van der Waals surface area contributed by atoms with Crippen molar-refractivity contribution in [1.29, 1.82) is 0 Å². The van der Waals surface area contributed by atoms with Crippen molar-refractivity contribution >= 4 is 50.5 Å². The number of hydrogen-bond acceptors (Lipinski definition) is 4. The van der Waals surface area contributed by atoms with E-state index in [1.807, 2.05) is 0 Å². The third kappa shape index (κ3) is 4.56. The maximum Gasteiger partial charge on any atom is 0.270 e. The number of anilines is 1. The van der Waals surface area contributed by atoms with E-state index in [0.717, 1.165) is 0 Å². The van der Waals surface area contributed by atoms with E-state index in [4.69, 9.17) is 12.2 Å². The Bertz CT molecular complexity index is 534. The molecule has 0 bridgehead atoms. The first-order valence-electron chi connectivity index (χ1n) is 5.37. The van der Waals surface area contributed by atoms with Crippen LogP contribution in [0, 0.1) is 16.0 Å². The highest BCUT2D eigenvalue weighted by molar-refractivity contribution is 9.10. The zero-order chi connectivity index (χ0) is 14.6. The molecule has 1 amide bonds. The summed E-state index contributed by atoms with van der Waals surface area (Å²) in [4.78, 5) is 21.5. The maximum atomic E-state index is 11.4. The molecule has 0 radical (unpaired) electrons. The van der Waals surface area contributed by atoms with Gasteiger partial charge in [0.1, 0.15) is 0 Å². The average molecular weight is 346 g/mol. The minimum Gasteiger partial charge on any atom is -0.331 e. The van der Waals surface area contributed by atoms with E-state index in [0.29, 0.717) is 10.2 Å². The van der Waals surface area contributed by atoms with Crippen LogP contribution in [0.4, 0.5) is 11.4 Å². The van der Waals surface area contributed by atoms with Crippen LogP contribution < -0.4 is 10.6 Å². The van der Waals surface area contributed by atoms with Gasteiger partial charge in [0, 0.05) is 22.5 Å². The van der Waals surface area contributed by atoms with Crippen molar-refractivity contribution < 1.29 is 9.72 Å². The highest BCUT2D eigenvalue weighted by Gasteiger charge is 2.12. The predicted molar refractivity (Wildman–Crippen MR) is 80.0 cm³/mol. The molecule has 8 heteroatoms. The minimum atomic E-state index is -0.493. The monoisotopic (exact) mass is 345 g/mol. The first-order valence-corrected chi connectivity index (χ1v) is 6.57. The van der Waals surface area contributed by atoms with Crippen molar-refractivity contribution in [3.05, 3.63) is 32.8 Å². The van der Waals surface area contributed by atoms with Gasteiger partial charge in [-0.15, -0.1) is 0 Å². The molecule has 0 heterocycles. The molecule has 0 unspecified atom stereocenters. The second-order valence-corrected chi connectivity index (χ2v) is 5.28. The maximum absolute atomic E-state index is 11.4. The normalized spacial score (nSPS) is 10.1. The zero-order valence-electron chi connectivity index (χ0n) is 10.3. The van der Waals surface area contributed by atoms with Gasteiger partial charge in [0.05, 0.1) is 10.6 Å². The van der Waals surface area contributed by atoms with Gasteiger partial charge in [0.15, 0.2) is 5.11 Å². The van der Waals surface area contributed by atoms with Gasteiger partial charge in [0.2, 0.25) is 5.91 Å². The van der Waals surface area contributed by atoms with Gasteiger partial charge in [-0.3, -0.25) is 14.9 Å². The Morgan fingerprint density at radius 2 is 2.11 bits per heavy atom. The van der Waals surface area contributed by atoms with Gasteiger partial charge >= 0.3 is 0 Å². The molecule has 0 saturated carbocycles. The number of amides is 1. The molecular formula is C11H12BrN3O3S. The smallest absolute Gasteiger partial charge is 0.270 e. The number of benzene rings is 1. The number of nitro groups is 1. The summed E-state index contributed by atoms with van der Waals surface area (Å²) in [5.74, 6) is -0.379. The average Bonchev–Trinajstić information content (AvgIpc) is 2.31. The number of hydrogen-bond donors (Lipinski definition) is 2. The van der Waals surface area contributed by atoms with Gasteiger partial charge in [-0.1, -0.05) is 13.8 Å². The molecule has 19 heavy (non-hydrogen) atoms. The standard InChI is InChI=1S/C11H12BrN3O3S/c1-6(2)10(16)14-11(19)13-9-4-3-7(15(17)18)5-8(9)12/h3-6H,1-2H3,(H2,13,14,16,19). The molecule has 0 spiro atoms. The second kappa shape index (κ2) is 6.58. The molecule has 102 valence electrons. The Morgan fingerprint density at radius 3 is 2.58 bits per heavy atom. The highest BCUT2D eigenvalue weighted by atomic mass is 79.9. The molecular weight excluding hydrogens is 334 g/mol. The predicted octanol–water partition coefficient (Wildman–Crippen LogP) is 2.83. The van der Waals surface area contributed by atoms with Gasteiger partial charge in [-0.2, -0.15) is 0 Å². The zero-order valence-corrected chi connectivity index (χ0v) is 12.7. The quantitative estimate of drug-likeness (QED) is 0.499. The van der Waals surface area contributed by atoms with E-state index in [1.54, 1.807) is 13.8 Å². The van der Waals surface area contributed by atoms with Crippen molar-refractivity contribution in [2.45, 2.75) is 13.8 Å². The molecule has 0 aliphatic carbocycles. The Kier molecular flexibility index (Phi) is 5.37. The minimum absolute atomic E-state index is 0.0328. The number of halogens is 1. The number of thiocarbonyl (C=S) groups is 1. The second-order valence-electron chi connectivity index (χ2n) is 4.02. The molecule has 0 atom stereocenters. The van der Waals surface area contributed by atoms with Crippen LogP contribution in [-0.4, -0.2) is 15.9 Å². The van der Waals surface area contributed by atoms with E-state index >= 15 is 0 Å². The summed E-state index contributed by atoms with van der Waals surface area (Å²) >= 11 is 8.18. The van der Waals surface area contributed by atoms with E-state index in [9.17, 15) is 14.9 Å². The van der Waals surface area contributed by atoms with Crippen LogP contribution in [0.15, 0.2) is 22.7 Å². The van der Waals surface area contributed by atoms with E-state index in [1.165, 1.54) is 18.2 Å². The van der Waals surface area contributed by atoms with Crippen LogP contribution >= 0.6 is 28.1 Å². The van der Waals surface area contributed by atoms with Crippen molar-refractivity contribution in [1.82, 2.24) is 5.32 Å². The van der Waals surface area contributed by atoms with Crippen molar-refractivity contribution in [2.75, 3.05) is 5.32 Å².